The number of aromatic nitrogens is 3. The van der Waals surface area contributed by atoms with Crippen molar-refractivity contribution in [3.8, 4) is 34.6 Å². The van der Waals surface area contributed by atoms with Crippen molar-refractivity contribution < 1.29 is 9.47 Å². The minimum Gasteiger partial charge on any atom is -0.496 e. The maximum atomic E-state index is 8.94. The highest BCUT2D eigenvalue weighted by atomic mass is 35.5. The van der Waals surface area contributed by atoms with Gasteiger partial charge in [-0.2, -0.15) is 5.26 Å². The Morgan fingerprint density at radius 2 is 1.81 bits per heavy atom. The number of halogens is 2. The van der Waals surface area contributed by atoms with Crippen LogP contribution < -0.4 is 9.47 Å². The van der Waals surface area contributed by atoms with Gasteiger partial charge in [0.05, 0.1) is 42.3 Å². The van der Waals surface area contributed by atoms with Crippen LogP contribution in [0.3, 0.4) is 0 Å². The van der Waals surface area contributed by atoms with E-state index in [9.17, 15) is 0 Å². The molecule has 1 aromatic heterocycles. The fourth-order valence-electron chi connectivity index (χ4n) is 2.52. The van der Waals surface area contributed by atoms with E-state index in [1.54, 1.807) is 44.6 Å². The fourth-order valence-corrected chi connectivity index (χ4v) is 3.55. The molecule has 3 aromatic rings. The maximum absolute atomic E-state index is 8.94. The number of hydrogen-bond acceptors (Lipinski definition) is 6. The van der Waals surface area contributed by atoms with E-state index in [1.807, 2.05) is 10.6 Å². The molecule has 27 heavy (non-hydrogen) atoms. The first-order chi connectivity index (χ1) is 13.1. The van der Waals surface area contributed by atoms with Crippen LogP contribution in [0.25, 0.3) is 17.1 Å². The number of nitriles is 1. The van der Waals surface area contributed by atoms with Gasteiger partial charge < -0.3 is 9.47 Å². The van der Waals surface area contributed by atoms with Crippen LogP contribution in [0.4, 0.5) is 0 Å². The molecular weight excluding hydrogens is 407 g/mol. The molecule has 0 saturated heterocycles. The normalized spacial score (nSPS) is 10.5. The number of rotatable bonds is 6. The van der Waals surface area contributed by atoms with Gasteiger partial charge >= 0.3 is 0 Å². The maximum Gasteiger partial charge on any atom is 0.197 e. The van der Waals surface area contributed by atoms with Gasteiger partial charge in [-0.15, -0.1) is 10.2 Å². The first kappa shape index (κ1) is 19.4. The van der Waals surface area contributed by atoms with Crippen molar-refractivity contribution in [3.63, 3.8) is 0 Å². The summed E-state index contributed by atoms with van der Waals surface area (Å²) < 4.78 is 12.5. The van der Waals surface area contributed by atoms with Crippen LogP contribution in [0.1, 0.15) is 0 Å². The number of thioether (sulfide) groups is 1. The first-order valence-corrected chi connectivity index (χ1v) is 9.46. The standard InChI is InChI=1S/C18H14Cl2N4O2S/c1-25-15-5-3-11(19)9-13(15)17-22-23-18(27-8-7-21)24(17)12-4-6-16(26-2)14(20)10-12/h3-6,9-10H,8H2,1-2H3. The molecule has 0 unspecified atom stereocenters. The molecule has 0 amide bonds. The molecule has 2 aromatic carbocycles. The second-order valence-corrected chi connectivity index (χ2v) is 7.04. The van der Waals surface area contributed by atoms with Crippen LogP contribution in [0.2, 0.25) is 10.0 Å². The van der Waals surface area contributed by atoms with Crippen LogP contribution in [0.5, 0.6) is 11.5 Å². The lowest BCUT2D eigenvalue weighted by Crippen LogP contribution is -2.01. The average molecular weight is 421 g/mol. The quantitative estimate of drug-likeness (QED) is 0.529. The van der Waals surface area contributed by atoms with Crippen molar-refractivity contribution in [2.24, 2.45) is 0 Å². The number of ether oxygens (including phenoxy) is 2. The van der Waals surface area contributed by atoms with E-state index >= 15 is 0 Å². The predicted octanol–water partition coefficient (Wildman–Crippen LogP) is 4.87. The highest BCUT2D eigenvalue weighted by Crippen LogP contribution is 2.36. The largest absolute Gasteiger partial charge is 0.496 e. The Bertz CT molecular complexity index is 1020. The Labute approximate surface area is 170 Å². The number of methoxy groups -OCH3 is 2. The third kappa shape index (κ3) is 3.98. The Morgan fingerprint density at radius 1 is 1.07 bits per heavy atom. The highest BCUT2D eigenvalue weighted by molar-refractivity contribution is 7.99. The van der Waals surface area contributed by atoms with Crippen LogP contribution in [-0.4, -0.2) is 34.7 Å². The summed E-state index contributed by atoms with van der Waals surface area (Å²) >= 11 is 13.8. The summed E-state index contributed by atoms with van der Waals surface area (Å²) in [5.74, 6) is 1.91. The smallest absolute Gasteiger partial charge is 0.197 e. The molecule has 0 aliphatic carbocycles. The highest BCUT2D eigenvalue weighted by Gasteiger charge is 2.20. The zero-order chi connectivity index (χ0) is 19.4. The van der Waals surface area contributed by atoms with E-state index in [0.29, 0.717) is 38.1 Å². The summed E-state index contributed by atoms with van der Waals surface area (Å²) in [6.45, 7) is 0. The Balaban J connectivity index is 2.22. The van der Waals surface area contributed by atoms with Gasteiger partial charge in [0.1, 0.15) is 11.5 Å². The molecule has 9 heteroatoms. The van der Waals surface area contributed by atoms with E-state index in [0.717, 1.165) is 5.69 Å². The van der Waals surface area contributed by atoms with Crippen LogP contribution in [-0.2, 0) is 0 Å². The topological polar surface area (TPSA) is 73.0 Å². The SMILES string of the molecule is COc1ccc(-n2c(SCC#N)nnc2-c2cc(Cl)ccc2OC)cc1Cl. The average Bonchev–Trinajstić information content (AvgIpc) is 3.09. The van der Waals surface area contributed by atoms with Crippen molar-refractivity contribution in [1.29, 1.82) is 5.26 Å². The molecule has 0 N–H and O–H groups in total. The third-order valence-electron chi connectivity index (χ3n) is 3.70. The number of hydrogen-bond donors (Lipinski definition) is 0. The summed E-state index contributed by atoms with van der Waals surface area (Å²) in [5.41, 5.74) is 1.40. The second-order valence-electron chi connectivity index (χ2n) is 5.25. The van der Waals surface area contributed by atoms with Gasteiger partial charge in [-0.05, 0) is 36.4 Å². The number of benzene rings is 2. The zero-order valence-corrected chi connectivity index (χ0v) is 16.8. The minimum atomic E-state index is 0.231. The Hall–Kier alpha value is -2.40. The van der Waals surface area contributed by atoms with E-state index < -0.39 is 0 Å². The molecule has 0 saturated carbocycles. The first-order valence-electron chi connectivity index (χ1n) is 7.72. The van der Waals surface area contributed by atoms with Gasteiger partial charge in [0.15, 0.2) is 11.0 Å². The molecule has 6 nitrogen and oxygen atoms in total. The van der Waals surface area contributed by atoms with Gasteiger partial charge in [-0.25, -0.2) is 0 Å². The van der Waals surface area contributed by atoms with E-state index in [1.165, 1.54) is 11.8 Å². The van der Waals surface area contributed by atoms with Crippen molar-refractivity contribution >= 4 is 35.0 Å². The summed E-state index contributed by atoms with van der Waals surface area (Å²) in [5, 5.41) is 19.0. The Kier molecular flexibility index (Phi) is 6.11. The predicted molar refractivity (Wildman–Crippen MR) is 106 cm³/mol. The van der Waals surface area contributed by atoms with Crippen molar-refractivity contribution in [2.75, 3.05) is 20.0 Å². The van der Waals surface area contributed by atoms with E-state index in [4.69, 9.17) is 37.9 Å². The molecule has 0 spiro atoms. The third-order valence-corrected chi connectivity index (χ3v) is 5.02. The fraction of sp³-hybridized carbons (Fsp3) is 0.167. The molecule has 0 atom stereocenters. The minimum absolute atomic E-state index is 0.231. The summed E-state index contributed by atoms with van der Waals surface area (Å²) in [6, 6.07) is 12.7. The molecule has 0 radical (unpaired) electrons. The van der Waals surface area contributed by atoms with Crippen LogP contribution in [0, 0.1) is 11.3 Å². The summed E-state index contributed by atoms with van der Waals surface area (Å²) in [7, 11) is 3.12. The van der Waals surface area contributed by atoms with Gasteiger partial charge in [0, 0.05) is 5.02 Å². The summed E-state index contributed by atoms with van der Waals surface area (Å²) in [4.78, 5) is 0. The van der Waals surface area contributed by atoms with Crippen molar-refractivity contribution in [1.82, 2.24) is 14.8 Å². The second kappa shape index (κ2) is 8.53. The van der Waals surface area contributed by atoms with E-state index in [-0.39, 0.29) is 5.75 Å². The monoisotopic (exact) mass is 420 g/mol. The molecule has 138 valence electrons. The van der Waals surface area contributed by atoms with Gasteiger partial charge in [-0.3, -0.25) is 4.57 Å². The van der Waals surface area contributed by atoms with E-state index in [2.05, 4.69) is 16.3 Å². The molecule has 0 fully saturated rings. The van der Waals surface area contributed by atoms with Gasteiger partial charge in [-0.1, -0.05) is 35.0 Å². The van der Waals surface area contributed by atoms with Crippen LogP contribution >= 0.6 is 35.0 Å². The zero-order valence-electron chi connectivity index (χ0n) is 14.4. The van der Waals surface area contributed by atoms with Crippen molar-refractivity contribution in [3.05, 3.63) is 46.4 Å². The van der Waals surface area contributed by atoms with Crippen LogP contribution in [0.15, 0.2) is 41.6 Å². The lowest BCUT2D eigenvalue weighted by molar-refractivity contribution is 0.415. The number of nitrogens with zero attached hydrogens (tertiary/aromatic N) is 4. The molecular formula is C18H14Cl2N4O2S. The lowest BCUT2D eigenvalue weighted by Gasteiger charge is -2.13. The van der Waals surface area contributed by atoms with Gasteiger partial charge in [0.25, 0.3) is 0 Å². The lowest BCUT2D eigenvalue weighted by atomic mass is 10.2. The Morgan fingerprint density at radius 3 is 2.48 bits per heavy atom. The van der Waals surface area contributed by atoms with Crippen molar-refractivity contribution in [2.45, 2.75) is 5.16 Å². The van der Waals surface area contributed by atoms with Gasteiger partial charge in [0.2, 0.25) is 0 Å². The molecule has 1 heterocycles. The molecule has 3 rings (SSSR count). The molecule has 0 bridgehead atoms. The molecule has 0 aliphatic heterocycles. The summed E-state index contributed by atoms with van der Waals surface area (Å²) in [6.07, 6.45) is 0. The molecule has 0 aliphatic rings.